The lowest BCUT2D eigenvalue weighted by molar-refractivity contribution is -0.125. The fraction of sp³-hybridized carbons (Fsp3) is 0.231. The van der Waals surface area contributed by atoms with Crippen molar-refractivity contribution in [1.82, 2.24) is 10.2 Å². The van der Waals surface area contributed by atoms with Crippen molar-refractivity contribution in [2.24, 2.45) is 0 Å². The average molecular weight is 415 g/mol. The molecule has 0 fully saturated rings. The maximum Gasteiger partial charge on any atom is 0.255 e. The molecular weight excluding hydrogens is 388 g/mol. The minimum absolute atomic E-state index is 0.134. The highest BCUT2D eigenvalue weighted by Gasteiger charge is 2.40. The normalized spacial score (nSPS) is 14.9. The summed E-state index contributed by atoms with van der Waals surface area (Å²) in [6, 6.07) is 24.4. The van der Waals surface area contributed by atoms with Gasteiger partial charge in [0.05, 0.1) is 13.2 Å². The Morgan fingerprint density at radius 2 is 1.68 bits per heavy atom. The Morgan fingerprint density at radius 3 is 2.48 bits per heavy atom. The number of nitrogens with zero attached hydrogens (tertiary/aromatic N) is 1. The third kappa shape index (κ3) is 4.45. The average Bonchev–Trinajstić information content (AvgIpc) is 3.08. The minimum Gasteiger partial charge on any atom is -0.494 e. The zero-order valence-electron chi connectivity index (χ0n) is 17.6. The van der Waals surface area contributed by atoms with Gasteiger partial charge in [0.1, 0.15) is 11.8 Å². The summed E-state index contributed by atoms with van der Waals surface area (Å²) in [7, 11) is 0. The molecule has 0 aliphatic carbocycles. The first-order chi connectivity index (χ1) is 15.2. The molecule has 0 radical (unpaired) electrons. The quantitative estimate of drug-likeness (QED) is 0.603. The van der Waals surface area contributed by atoms with Crippen LogP contribution >= 0.6 is 0 Å². The highest BCUT2D eigenvalue weighted by Crippen LogP contribution is 2.36. The smallest absolute Gasteiger partial charge is 0.255 e. The molecule has 158 valence electrons. The number of carbonyl (C=O) groups excluding carboxylic acids is 2. The van der Waals surface area contributed by atoms with Gasteiger partial charge < -0.3 is 15.0 Å². The van der Waals surface area contributed by atoms with Gasteiger partial charge in [-0.15, -0.1) is 0 Å². The maximum atomic E-state index is 13.2. The molecule has 0 aromatic heterocycles. The lowest BCUT2D eigenvalue weighted by Gasteiger charge is -2.25. The molecule has 3 aromatic rings. The number of hydrogen-bond donors (Lipinski definition) is 1. The van der Waals surface area contributed by atoms with Gasteiger partial charge in [0.25, 0.3) is 5.91 Å². The highest BCUT2D eigenvalue weighted by atomic mass is 16.5. The number of fused-ring (bicyclic) bond motifs is 1. The number of amides is 2. The summed E-state index contributed by atoms with van der Waals surface area (Å²) in [6.07, 6.45) is 0.738. The van der Waals surface area contributed by atoms with E-state index in [0.29, 0.717) is 25.3 Å². The molecule has 0 saturated carbocycles. The van der Waals surface area contributed by atoms with E-state index in [-0.39, 0.29) is 11.8 Å². The number of nitrogens with one attached hydrogen (secondary N) is 1. The minimum atomic E-state index is -0.658. The monoisotopic (exact) mass is 414 g/mol. The first-order valence-electron chi connectivity index (χ1n) is 10.6. The first kappa shape index (κ1) is 20.7. The molecule has 1 atom stereocenters. The van der Waals surface area contributed by atoms with Crippen molar-refractivity contribution < 1.29 is 14.3 Å². The zero-order valence-corrected chi connectivity index (χ0v) is 17.6. The molecule has 1 aliphatic heterocycles. The van der Waals surface area contributed by atoms with Crippen molar-refractivity contribution >= 4 is 11.8 Å². The van der Waals surface area contributed by atoms with Gasteiger partial charge in [0, 0.05) is 17.7 Å². The largest absolute Gasteiger partial charge is 0.494 e. The Bertz CT molecular complexity index is 1070. The second-order valence-corrected chi connectivity index (χ2v) is 7.49. The van der Waals surface area contributed by atoms with Crippen LogP contribution in [0.5, 0.6) is 5.75 Å². The highest BCUT2D eigenvalue weighted by molar-refractivity contribution is 6.04. The van der Waals surface area contributed by atoms with Gasteiger partial charge in [0.2, 0.25) is 5.91 Å². The summed E-state index contributed by atoms with van der Waals surface area (Å²) >= 11 is 0. The molecule has 5 nitrogen and oxygen atoms in total. The number of carbonyl (C=O) groups is 2. The predicted molar refractivity (Wildman–Crippen MR) is 120 cm³/mol. The number of ether oxygens (including phenoxy) is 1. The topological polar surface area (TPSA) is 58.6 Å². The summed E-state index contributed by atoms with van der Waals surface area (Å²) in [4.78, 5) is 28.0. The molecule has 0 bridgehead atoms. The molecule has 5 heteroatoms. The van der Waals surface area contributed by atoms with Gasteiger partial charge in [-0.3, -0.25) is 9.59 Å². The fourth-order valence-corrected chi connectivity index (χ4v) is 4.00. The van der Waals surface area contributed by atoms with Crippen molar-refractivity contribution in [1.29, 1.82) is 0 Å². The van der Waals surface area contributed by atoms with Gasteiger partial charge in [0.15, 0.2) is 0 Å². The Balaban J connectivity index is 1.55. The molecule has 2 amide bonds. The van der Waals surface area contributed by atoms with Crippen LogP contribution in [0.3, 0.4) is 0 Å². The Kier molecular flexibility index (Phi) is 6.32. The van der Waals surface area contributed by atoms with Crippen molar-refractivity contribution in [2.45, 2.75) is 25.9 Å². The molecular formula is C26H26N2O3. The lowest BCUT2D eigenvalue weighted by Crippen LogP contribution is -2.39. The van der Waals surface area contributed by atoms with Crippen LogP contribution in [0.4, 0.5) is 0 Å². The van der Waals surface area contributed by atoms with Gasteiger partial charge >= 0.3 is 0 Å². The maximum absolute atomic E-state index is 13.2. The van der Waals surface area contributed by atoms with Crippen molar-refractivity contribution in [3.63, 3.8) is 0 Å². The number of rotatable bonds is 8. The molecule has 3 aromatic carbocycles. The van der Waals surface area contributed by atoms with Crippen LogP contribution < -0.4 is 10.1 Å². The summed E-state index contributed by atoms with van der Waals surface area (Å²) in [5, 5.41) is 3.03. The summed E-state index contributed by atoms with van der Waals surface area (Å²) in [6.45, 7) is 3.28. The van der Waals surface area contributed by atoms with E-state index < -0.39 is 6.04 Å². The fourth-order valence-electron chi connectivity index (χ4n) is 4.00. The Labute approximate surface area is 182 Å². The first-order valence-corrected chi connectivity index (χ1v) is 10.6. The van der Waals surface area contributed by atoms with E-state index in [1.54, 1.807) is 11.0 Å². The Hall–Kier alpha value is -3.60. The third-order valence-electron chi connectivity index (χ3n) is 5.48. The van der Waals surface area contributed by atoms with Crippen LogP contribution in [-0.2, 0) is 17.8 Å². The number of benzene rings is 3. The molecule has 1 heterocycles. The molecule has 1 aliphatic rings. The van der Waals surface area contributed by atoms with E-state index in [9.17, 15) is 9.59 Å². The third-order valence-corrected chi connectivity index (χ3v) is 5.48. The van der Waals surface area contributed by atoms with Crippen LogP contribution in [-0.4, -0.2) is 29.9 Å². The van der Waals surface area contributed by atoms with E-state index in [1.807, 2.05) is 79.7 Å². The second-order valence-electron chi connectivity index (χ2n) is 7.49. The van der Waals surface area contributed by atoms with E-state index in [0.717, 1.165) is 28.9 Å². The number of para-hydroxylation sites is 1. The van der Waals surface area contributed by atoms with E-state index in [2.05, 4.69) is 5.32 Å². The lowest BCUT2D eigenvalue weighted by atomic mass is 10.0. The van der Waals surface area contributed by atoms with Crippen molar-refractivity contribution in [3.05, 3.63) is 101 Å². The summed E-state index contributed by atoms with van der Waals surface area (Å²) < 4.78 is 5.73. The van der Waals surface area contributed by atoms with Crippen LogP contribution in [0.1, 0.15) is 40.0 Å². The van der Waals surface area contributed by atoms with E-state index in [4.69, 9.17) is 4.74 Å². The van der Waals surface area contributed by atoms with Gasteiger partial charge in [-0.1, -0.05) is 66.7 Å². The van der Waals surface area contributed by atoms with Crippen LogP contribution in [0.25, 0.3) is 0 Å². The second kappa shape index (κ2) is 9.47. The van der Waals surface area contributed by atoms with Crippen molar-refractivity contribution in [3.8, 4) is 5.75 Å². The van der Waals surface area contributed by atoms with E-state index >= 15 is 0 Å². The van der Waals surface area contributed by atoms with E-state index in [1.165, 1.54) is 0 Å². The van der Waals surface area contributed by atoms with Crippen LogP contribution in [0, 0.1) is 0 Å². The molecule has 1 N–H and O–H groups in total. The summed E-state index contributed by atoms with van der Waals surface area (Å²) in [5.74, 6) is 0.435. The van der Waals surface area contributed by atoms with Gasteiger partial charge in [-0.2, -0.15) is 0 Å². The standard InChI is InChI=1S/C26H26N2O3/c1-2-31-23-15-9-6-12-20(23)18-28-24(21-13-7-8-14-22(21)26(28)30)25(29)27-17-16-19-10-4-3-5-11-19/h3-15,24H,2,16-18H2,1H3,(H,27,29)/t24-/m1/s1. The Morgan fingerprint density at radius 1 is 0.968 bits per heavy atom. The zero-order chi connectivity index (χ0) is 21.6. The molecule has 0 saturated heterocycles. The molecule has 0 spiro atoms. The number of hydrogen-bond acceptors (Lipinski definition) is 3. The molecule has 0 unspecified atom stereocenters. The predicted octanol–water partition coefficient (Wildman–Crippen LogP) is 4.14. The SMILES string of the molecule is CCOc1ccccc1CN1C(=O)c2ccccc2[C@@H]1C(=O)NCCc1ccccc1. The van der Waals surface area contributed by atoms with Gasteiger partial charge in [-0.05, 0) is 36.6 Å². The van der Waals surface area contributed by atoms with Crippen LogP contribution in [0.15, 0.2) is 78.9 Å². The molecule has 31 heavy (non-hydrogen) atoms. The summed E-state index contributed by atoms with van der Waals surface area (Å²) in [5.41, 5.74) is 3.37. The van der Waals surface area contributed by atoms with Crippen molar-refractivity contribution in [2.75, 3.05) is 13.2 Å². The van der Waals surface area contributed by atoms with Gasteiger partial charge in [-0.25, -0.2) is 0 Å². The molecule has 4 rings (SSSR count). The van der Waals surface area contributed by atoms with Crippen LogP contribution in [0.2, 0.25) is 0 Å².